The van der Waals surface area contributed by atoms with Crippen LogP contribution in [0.1, 0.15) is 22.3 Å². The van der Waals surface area contributed by atoms with Crippen molar-refractivity contribution in [3.05, 3.63) is 53.6 Å². The second-order valence-electron chi connectivity index (χ2n) is 5.94. The van der Waals surface area contributed by atoms with E-state index >= 15 is 0 Å². The fourth-order valence-corrected chi connectivity index (χ4v) is 2.57. The standard InChI is InChI=1S/C21H23NO7/c1-26-17-10-8-14(12-18(17)27-2)9-11-20(24)29-13-19(23)22-16-7-5-4-6-15(16)21(25)28-3/h4-8,10,12H,9,11,13H2,1-3H3,(H,22,23). The van der Waals surface area contributed by atoms with Crippen molar-refractivity contribution >= 4 is 23.5 Å². The number of anilines is 1. The van der Waals surface area contributed by atoms with Gasteiger partial charge in [0.2, 0.25) is 0 Å². The number of carbonyl (C=O) groups excluding carboxylic acids is 3. The normalized spacial score (nSPS) is 10.0. The number of nitrogens with one attached hydrogen (secondary N) is 1. The Kier molecular flexibility index (Phi) is 8.02. The molecular weight excluding hydrogens is 378 g/mol. The van der Waals surface area contributed by atoms with Crippen molar-refractivity contribution in [2.75, 3.05) is 33.3 Å². The van der Waals surface area contributed by atoms with Gasteiger partial charge in [-0.05, 0) is 36.2 Å². The van der Waals surface area contributed by atoms with E-state index in [4.69, 9.17) is 14.2 Å². The maximum absolute atomic E-state index is 12.0. The Labute approximate surface area is 168 Å². The SMILES string of the molecule is COC(=O)c1ccccc1NC(=O)COC(=O)CCc1ccc(OC)c(OC)c1. The highest BCUT2D eigenvalue weighted by atomic mass is 16.5. The first-order valence-corrected chi connectivity index (χ1v) is 8.82. The topological polar surface area (TPSA) is 100 Å². The molecule has 8 nitrogen and oxygen atoms in total. The van der Waals surface area contributed by atoms with E-state index in [0.717, 1.165) is 5.56 Å². The van der Waals surface area contributed by atoms with Gasteiger partial charge < -0.3 is 24.3 Å². The van der Waals surface area contributed by atoms with E-state index in [0.29, 0.717) is 17.9 Å². The zero-order valence-electron chi connectivity index (χ0n) is 16.5. The Hall–Kier alpha value is -3.55. The molecule has 0 aromatic heterocycles. The molecule has 0 bridgehead atoms. The molecule has 0 atom stereocenters. The van der Waals surface area contributed by atoms with Crippen molar-refractivity contribution < 1.29 is 33.3 Å². The Bertz CT molecular complexity index is 879. The zero-order valence-corrected chi connectivity index (χ0v) is 16.5. The summed E-state index contributed by atoms with van der Waals surface area (Å²) < 4.78 is 20.1. The van der Waals surface area contributed by atoms with Crippen molar-refractivity contribution in [1.29, 1.82) is 0 Å². The predicted molar refractivity (Wildman–Crippen MR) is 105 cm³/mol. The maximum Gasteiger partial charge on any atom is 0.339 e. The number of amides is 1. The summed E-state index contributed by atoms with van der Waals surface area (Å²) in [7, 11) is 4.33. The van der Waals surface area contributed by atoms with E-state index in [1.807, 2.05) is 6.07 Å². The third-order valence-corrected chi connectivity index (χ3v) is 4.04. The van der Waals surface area contributed by atoms with E-state index < -0.39 is 24.5 Å². The van der Waals surface area contributed by atoms with Crippen molar-refractivity contribution in [3.8, 4) is 11.5 Å². The quantitative estimate of drug-likeness (QED) is 0.645. The summed E-state index contributed by atoms with van der Waals surface area (Å²) in [4.78, 5) is 35.7. The van der Waals surface area contributed by atoms with Crippen LogP contribution in [0.3, 0.4) is 0 Å². The summed E-state index contributed by atoms with van der Waals surface area (Å²) in [6, 6.07) is 11.8. The number of hydrogen-bond acceptors (Lipinski definition) is 7. The third-order valence-electron chi connectivity index (χ3n) is 4.04. The van der Waals surface area contributed by atoms with Gasteiger partial charge in [-0.3, -0.25) is 9.59 Å². The summed E-state index contributed by atoms with van der Waals surface area (Å²) in [6.45, 7) is -0.458. The molecule has 0 radical (unpaired) electrons. The van der Waals surface area contributed by atoms with Crippen LogP contribution in [0.25, 0.3) is 0 Å². The van der Waals surface area contributed by atoms with Crippen molar-refractivity contribution in [2.45, 2.75) is 12.8 Å². The van der Waals surface area contributed by atoms with Gasteiger partial charge in [0, 0.05) is 6.42 Å². The van der Waals surface area contributed by atoms with Gasteiger partial charge >= 0.3 is 11.9 Å². The number of ether oxygens (including phenoxy) is 4. The molecule has 2 aromatic carbocycles. The molecule has 1 amide bonds. The van der Waals surface area contributed by atoms with Crippen molar-refractivity contribution in [1.82, 2.24) is 0 Å². The molecule has 29 heavy (non-hydrogen) atoms. The first kappa shape index (κ1) is 21.7. The van der Waals surface area contributed by atoms with Crippen LogP contribution < -0.4 is 14.8 Å². The molecule has 0 saturated heterocycles. The second kappa shape index (κ2) is 10.7. The average Bonchev–Trinajstić information content (AvgIpc) is 2.75. The minimum Gasteiger partial charge on any atom is -0.493 e. The third kappa shape index (κ3) is 6.24. The molecule has 0 spiro atoms. The number of benzene rings is 2. The Morgan fingerprint density at radius 2 is 1.66 bits per heavy atom. The van der Waals surface area contributed by atoms with Crippen LogP contribution in [-0.4, -0.2) is 45.8 Å². The van der Waals surface area contributed by atoms with Crippen LogP contribution >= 0.6 is 0 Å². The van der Waals surface area contributed by atoms with E-state index in [2.05, 4.69) is 10.1 Å². The molecule has 1 N–H and O–H groups in total. The lowest BCUT2D eigenvalue weighted by molar-refractivity contribution is -0.147. The smallest absolute Gasteiger partial charge is 0.339 e. The first-order chi connectivity index (χ1) is 14.0. The fourth-order valence-electron chi connectivity index (χ4n) is 2.57. The minimum atomic E-state index is -0.576. The first-order valence-electron chi connectivity index (χ1n) is 8.82. The molecule has 2 aromatic rings. The summed E-state index contributed by atoms with van der Waals surface area (Å²) in [5, 5.41) is 2.54. The van der Waals surface area contributed by atoms with Crippen LogP contribution in [0, 0.1) is 0 Å². The van der Waals surface area contributed by atoms with Gasteiger partial charge in [0.05, 0.1) is 32.6 Å². The van der Waals surface area contributed by atoms with Crippen LogP contribution in [-0.2, 0) is 25.5 Å². The highest BCUT2D eigenvalue weighted by Gasteiger charge is 2.14. The van der Waals surface area contributed by atoms with Gasteiger partial charge in [-0.1, -0.05) is 18.2 Å². The summed E-state index contributed by atoms with van der Waals surface area (Å²) in [5.41, 5.74) is 1.37. The van der Waals surface area contributed by atoms with Gasteiger partial charge in [0.15, 0.2) is 18.1 Å². The number of aryl methyl sites for hydroxylation is 1. The number of hydrogen-bond donors (Lipinski definition) is 1. The van der Waals surface area contributed by atoms with Crippen molar-refractivity contribution in [3.63, 3.8) is 0 Å². The number of carbonyl (C=O) groups is 3. The van der Waals surface area contributed by atoms with Crippen LogP contribution in [0.2, 0.25) is 0 Å². The van der Waals surface area contributed by atoms with Gasteiger partial charge in [-0.2, -0.15) is 0 Å². The maximum atomic E-state index is 12.0. The van der Waals surface area contributed by atoms with Crippen molar-refractivity contribution in [2.24, 2.45) is 0 Å². The molecule has 0 aliphatic carbocycles. The average molecular weight is 401 g/mol. The number of para-hydroxylation sites is 1. The Morgan fingerprint density at radius 1 is 0.931 bits per heavy atom. The lowest BCUT2D eigenvalue weighted by Gasteiger charge is -2.11. The molecule has 0 saturated carbocycles. The van der Waals surface area contributed by atoms with E-state index in [1.54, 1.807) is 37.4 Å². The lowest BCUT2D eigenvalue weighted by Crippen LogP contribution is -2.22. The van der Waals surface area contributed by atoms with E-state index in [9.17, 15) is 14.4 Å². The molecule has 0 heterocycles. The minimum absolute atomic E-state index is 0.0987. The number of methoxy groups -OCH3 is 3. The van der Waals surface area contributed by atoms with Gasteiger partial charge in [0.25, 0.3) is 5.91 Å². The van der Waals surface area contributed by atoms with E-state index in [1.165, 1.54) is 20.3 Å². The van der Waals surface area contributed by atoms with Crippen LogP contribution in [0.15, 0.2) is 42.5 Å². The number of esters is 2. The van der Waals surface area contributed by atoms with Crippen LogP contribution in [0.4, 0.5) is 5.69 Å². The molecule has 8 heteroatoms. The molecule has 0 unspecified atom stereocenters. The monoisotopic (exact) mass is 401 g/mol. The second-order valence-corrected chi connectivity index (χ2v) is 5.94. The zero-order chi connectivity index (χ0) is 21.2. The summed E-state index contributed by atoms with van der Waals surface area (Å²) >= 11 is 0. The van der Waals surface area contributed by atoms with E-state index in [-0.39, 0.29) is 17.7 Å². The fraction of sp³-hybridized carbons (Fsp3) is 0.286. The highest BCUT2D eigenvalue weighted by Crippen LogP contribution is 2.28. The van der Waals surface area contributed by atoms with Gasteiger partial charge in [-0.25, -0.2) is 4.79 Å². The Morgan fingerprint density at radius 3 is 2.34 bits per heavy atom. The van der Waals surface area contributed by atoms with Gasteiger partial charge in [0.1, 0.15) is 0 Å². The molecule has 0 aliphatic rings. The van der Waals surface area contributed by atoms with Gasteiger partial charge in [-0.15, -0.1) is 0 Å². The molecule has 0 aliphatic heterocycles. The molecule has 0 fully saturated rings. The number of rotatable bonds is 9. The summed E-state index contributed by atoms with van der Waals surface area (Å²) in [5.74, 6) is -0.477. The largest absolute Gasteiger partial charge is 0.493 e. The summed E-state index contributed by atoms with van der Waals surface area (Å²) in [6.07, 6.45) is 0.521. The molecule has 2 rings (SSSR count). The van der Waals surface area contributed by atoms with Crippen LogP contribution in [0.5, 0.6) is 11.5 Å². The Balaban J connectivity index is 1.84. The molecule has 154 valence electrons. The lowest BCUT2D eigenvalue weighted by atomic mass is 10.1. The molecular formula is C21H23NO7. The predicted octanol–water partition coefficient (Wildman–Crippen LogP) is 2.60. The highest BCUT2D eigenvalue weighted by molar-refractivity contribution is 6.01.